The van der Waals surface area contributed by atoms with Crippen LogP contribution in [0.3, 0.4) is 0 Å². The second-order valence-corrected chi connectivity index (χ2v) is 5.57. The molecule has 0 aliphatic carbocycles. The van der Waals surface area contributed by atoms with Crippen molar-refractivity contribution in [2.75, 3.05) is 12.4 Å². The van der Waals surface area contributed by atoms with E-state index in [1.54, 1.807) is 0 Å². The zero-order chi connectivity index (χ0) is 12.2. The average molecular weight is 243 g/mol. The van der Waals surface area contributed by atoms with Crippen LogP contribution in [0.1, 0.15) is 17.5 Å². The van der Waals surface area contributed by atoms with Crippen LogP contribution in [0.4, 0.5) is 0 Å². The molecule has 0 saturated heterocycles. The van der Waals surface area contributed by atoms with E-state index in [4.69, 9.17) is 9.88 Å². The number of hydrogen-bond acceptors (Lipinski definition) is 3. The highest BCUT2D eigenvalue weighted by atomic mass is 32.2. The second kappa shape index (κ2) is 5.32. The predicted octanol–water partition coefficient (Wildman–Crippen LogP) is 1.36. The zero-order valence-electron chi connectivity index (χ0n) is 9.56. The number of hydrogen-bond donors (Lipinski definition) is 1. The molecule has 16 heavy (non-hydrogen) atoms. The number of ether oxygens (including phenoxy) is 1. The molecule has 2 N–H and O–H groups in total. The van der Waals surface area contributed by atoms with Crippen molar-refractivity contribution in [3.05, 3.63) is 29.3 Å². The molecule has 0 radical (unpaired) electrons. The van der Waals surface area contributed by atoms with Crippen LogP contribution >= 0.6 is 0 Å². The van der Waals surface area contributed by atoms with E-state index in [2.05, 4.69) is 0 Å². The minimum Gasteiger partial charge on any atom is -0.493 e. The van der Waals surface area contributed by atoms with Crippen molar-refractivity contribution in [3.63, 3.8) is 0 Å². The fourth-order valence-electron chi connectivity index (χ4n) is 1.40. The molecule has 0 saturated carbocycles. The van der Waals surface area contributed by atoms with Crippen LogP contribution in [-0.4, -0.2) is 20.8 Å². The molecule has 1 rings (SSSR count). The Balaban J connectivity index is 2.43. The highest BCUT2D eigenvalue weighted by Gasteiger charge is 2.03. The molecule has 90 valence electrons. The van der Waals surface area contributed by atoms with Gasteiger partial charge in [0.1, 0.15) is 5.75 Å². The third-order valence-electron chi connectivity index (χ3n) is 2.16. The van der Waals surface area contributed by atoms with Crippen molar-refractivity contribution in [1.29, 1.82) is 0 Å². The maximum absolute atomic E-state index is 10.7. The number of aryl methyl sites for hydroxylation is 2. The Morgan fingerprint density at radius 1 is 1.31 bits per heavy atom. The lowest BCUT2D eigenvalue weighted by Crippen LogP contribution is -2.18. The van der Waals surface area contributed by atoms with Gasteiger partial charge in [0.05, 0.1) is 12.4 Å². The lowest BCUT2D eigenvalue weighted by Gasteiger charge is -2.09. The van der Waals surface area contributed by atoms with Gasteiger partial charge in [-0.05, 0) is 31.9 Å². The Kier molecular flexibility index (Phi) is 4.32. The topological polar surface area (TPSA) is 69.4 Å². The normalized spacial score (nSPS) is 11.4. The van der Waals surface area contributed by atoms with Crippen LogP contribution in [0.2, 0.25) is 0 Å². The SMILES string of the molecule is Cc1ccc(OCCCS(N)(=O)=O)c(C)c1. The van der Waals surface area contributed by atoms with Gasteiger partial charge in [0.25, 0.3) is 0 Å². The third kappa shape index (κ3) is 4.63. The van der Waals surface area contributed by atoms with E-state index in [-0.39, 0.29) is 5.75 Å². The summed E-state index contributed by atoms with van der Waals surface area (Å²) >= 11 is 0. The molecule has 0 aromatic heterocycles. The van der Waals surface area contributed by atoms with Crippen molar-refractivity contribution in [3.8, 4) is 5.75 Å². The minimum atomic E-state index is -3.38. The first-order valence-electron chi connectivity index (χ1n) is 5.09. The van der Waals surface area contributed by atoms with E-state index in [0.717, 1.165) is 11.3 Å². The summed E-state index contributed by atoms with van der Waals surface area (Å²) in [6, 6.07) is 5.87. The van der Waals surface area contributed by atoms with Gasteiger partial charge in [-0.1, -0.05) is 17.7 Å². The van der Waals surface area contributed by atoms with Crippen LogP contribution in [0.5, 0.6) is 5.75 Å². The van der Waals surface area contributed by atoms with Crippen molar-refractivity contribution in [1.82, 2.24) is 0 Å². The molecule has 0 unspecified atom stereocenters. The van der Waals surface area contributed by atoms with Crippen LogP contribution in [0.15, 0.2) is 18.2 Å². The summed E-state index contributed by atoms with van der Waals surface area (Å²) in [5.74, 6) is 0.748. The summed E-state index contributed by atoms with van der Waals surface area (Å²) < 4.78 is 26.8. The van der Waals surface area contributed by atoms with Gasteiger partial charge in [0.2, 0.25) is 10.0 Å². The van der Waals surface area contributed by atoms with Crippen molar-refractivity contribution in [2.45, 2.75) is 20.3 Å². The molecule has 0 amide bonds. The molecule has 5 heteroatoms. The van der Waals surface area contributed by atoms with Gasteiger partial charge < -0.3 is 4.74 Å². The van der Waals surface area contributed by atoms with Crippen LogP contribution in [-0.2, 0) is 10.0 Å². The van der Waals surface area contributed by atoms with Gasteiger partial charge in [0.15, 0.2) is 0 Å². The fourth-order valence-corrected chi connectivity index (χ4v) is 1.92. The molecule has 0 fully saturated rings. The van der Waals surface area contributed by atoms with Gasteiger partial charge in [-0.15, -0.1) is 0 Å². The number of nitrogens with two attached hydrogens (primary N) is 1. The summed E-state index contributed by atoms with van der Waals surface area (Å²) in [6.45, 7) is 4.33. The van der Waals surface area contributed by atoms with E-state index in [9.17, 15) is 8.42 Å². The minimum absolute atomic E-state index is 0.0437. The summed E-state index contributed by atoms with van der Waals surface area (Å²) in [5.41, 5.74) is 2.23. The Labute approximate surface area is 96.5 Å². The molecule has 0 aliphatic rings. The van der Waals surface area contributed by atoms with E-state index in [0.29, 0.717) is 13.0 Å². The van der Waals surface area contributed by atoms with E-state index in [1.165, 1.54) is 5.56 Å². The molecule has 4 nitrogen and oxygen atoms in total. The molecule has 1 aromatic rings. The zero-order valence-corrected chi connectivity index (χ0v) is 10.4. The van der Waals surface area contributed by atoms with Crippen LogP contribution in [0.25, 0.3) is 0 Å². The van der Waals surface area contributed by atoms with E-state index >= 15 is 0 Å². The summed E-state index contributed by atoms with van der Waals surface area (Å²) in [7, 11) is -3.38. The summed E-state index contributed by atoms with van der Waals surface area (Å²) in [6.07, 6.45) is 0.409. The molecule has 0 aliphatic heterocycles. The Bertz CT molecular complexity index is 454. The molecule has 0 heterocycles. The van der Waals surface area contributed by atoms with Crippen LogP contribution < -0.4 is 9.88 Å². The van der Waals surface area contributed by atoms with Crippen molar-refractivity contribution >= 4 is 10.0 Å². The average Bonchev–Trinajstić information content (AvgIpc) is 2.13. The lowest BCUT2D eigenvalue weighted by molar-refractivity contribution is 0.315. The molecular weight excluding hydrogens is 226 g/mol. The van der Waals surface area contributed by atoms with Crippen LogP contribution in [0, 0.1) is 13.8 Å². The monoisotopic (exact) mass is 243 g/mol. The Hall–Kier alpha value is -1.07. The number of rotatable bonds is 5. The maximum Gasteiger partial charge on any atom is 0.209 e. The van der Waals surface area contributed by atoms with Gasteiger partial charge >= 0.3 is 0 Å². The van der Waals surface area contributed by atoms with Gasteiger partial charge in [-0.3, -0.25) is 0 Å². The van der Waals surface area contributed by atoms with Gasteiger partial charge in [0, 0.05) is 0 Å². The Morgan fingerprint density at radius 3 is 2.56 bits per heavy atom. The van der Waals surface area contributed by atoms with Gasteiger partial charge in [-0.25, -0.2) is 13.6 Å². The highest BCUT2D eigenvalue weighted by Crippen LogP contribution is 2.18. The maximum atomic E-state index is 10.7. The van der Waals surface area contributed by atoms with Crippen molar-refractivity contribution < 1.29 is 13.2 Å². The van der Waals surface area contributed by atoms with Gasteiger partial charge in [-0.2, -0.15) is 0 Å². The molecular formula is C11H17NO3S. The van der Waals surface area contributed by atoms with E-state index < -0.39 is 10.0 Å². The quantitative estimate of drug-likeness (QED) is 0.794. The van der Waals surface area contributed by atoms with Crippen molar-refractivity contribution in [2.24, 2.45) is 5.14 Å². The first-order valence-corrected chi connectivity index (χ1v) is 6.80. The molecule has 0 spiro atoms. The largest absolute Gasteiger partial charge is 0.493 e. The van der Waals surface area contributed by atoms with E-state index in [1.807, 2.05) is 32.0 Å². The lowest BCUT2D eigenvalue weighted by atomic mass is 10.1. The predicted molar refractivity (Wildman–Crippen MR) is 64.0 cm³/mol. The first-order chi connectivity index (χ1) is 7.38. The highest BCUT2D eigenvalue weighted by molar-refractivity contribution is 7.89. The summed E-state index contributed by atoms with van der Waals surface area (Å²) in [5, 5.41) is 4.88. The molecule has 0 atom stereocenters. The first kappa shape index (κ1) is 13.0. The second-order valence-electron chi connectivity index (χ2n) is 3.84. The number of sulfonamides is 1. The number of primary sulfonamides is 1. The number of benzene rings is 1. The third-order valence-corrected chi connectivity index (χ3v) is 3.02. The molecule has 1 aromatic carbocycles. The Morgan fingerprint density at radius 2 is 2.00 bits per heavy atom. The smallest absolute Gasteiger partial charge is 0.209 e. The summed E-state index contributed by atoms with van der Waals surface area (Å²) in [4.78, 5) is 0. The fraction of sp³-hybridized carbons (Fsp3) is 0.455. The standard InChI is InChI=1S/C11H17NO3S/c1-9-4-5-11(10(2)8-9)15-6-3-7-16(12,13)14/h4-5,8H,3,6-7H2,1-2H3,(H2,12,13,14). The molecule has 0 bridgehead atoms.